The normalized spacial score (nSPS) is 21.1. The molecular formula is C23H28N4O7. The van der Waals surface area contributed by atoms with Gasteiger partial charge in [-0.1, -0.05) is 0 Å². The minimum Gasteiger partial charge on any atom is -0.497 e. The summed E-state index contributed by atoms with van der Waals surface area (Å²) in [5, 5.41) is 7.51. The number of hydrogen-bond donors (Lipinski definition) is 2. The van der Waals surface area contributed by atoms with Crippen molar-refractivity contribution >= 4 is 35.7 Å². The highest BCUT2D eigenvalue weighted by atomic mass is 16.5. The standard InChI is InChI=1S/C23H28N4O7/c1-14(29)12-16(13-28)24-22(32)19-4-3-11-26-20(30)10-9-18(23(33)27(19)26)25-21(31)15-5-7-17(34-2)8-6-15/h5-8,13,16,18-19H,3-4,9-12H2,1-2H3,(H,24,32)(H,25,31). The molecule has 1 aromatic rings. The molecule has 182 valence electrons. The second-order valence-electron chi connectivity index (χ2n) is 8.31. The first-order valence-electron chi connectivity index (χ1n) is 11.1. The van der Waals surface area contributed by atoms with Gasteiger partial charge in [-0.2, -0.15) is 0 Å². The lowest BCUT2D eigenvalue weighted by atomic mass is 10.0. The molecule has 0 radical (unpaired) electrons. The van der Waals surface area contributed by atoms with Crippen molar-refractivity contribution in [3.8, 4) is 5.75 Å². The maximum absolute atomic E-state index is 13.4. The molecule has 34 heavy (non-hydrogen) atoms. The van der Waals surface area contributed by atoms with Crippen molar-refractivity contribution in [2.45, 2.75) is 57.2 Å². The van der Waals surface area contributed by atoms with E-state index in [-0.39, 0.29) is 43.9 Å². The second kappa shape index (κ2) is 10.9. The van der Waals surface area contributed by atoms with Crippen LogP contribution in [0.5, 0.6) is 5.75 Å². The average Bonchev–Trinajstić information content (AvgIpc) is 2.95. The van der Waals surface area contributed by atoms with Crippen LogP contribution < -0.4 is 15.4 Å². The molecule has 0 saturated carbocycles. The quantitative estimate of drug-likeness (QED) is 0.507. The Hall–Kier alpha value is -3.76. The highest BCUT2D eigenvalue weighted by Gasteiger charge is 2.44. The first-order valence-corrected chi connectivity index (χ1v) is 11.1. The number of hydrazine groups is 1. The first kappa shape index (κ1) is 24.9. The van der Waals surface area contributed by atoms with E-state index in [1.807, 2.05) is 0 Å². The first-order chi connectivity index (χ1) is 16.2. The van der Waals surface area contributed by atoms with Gasteiger partial charge in [0.2, 0.25) is 11.8 Å². The van der Waals surface area contributed by atoms with Gasteiger partial charge in [-0.3, -0.25) is 29.0 Å². The minimum absolute atomic E-state index is 0.0193. The van der Waals surface area contributed by atoms with E-state index in [0.717, 1.165) is 5.01 Å². The zero-order valence-electron chi connectivity index (χ0n) is 19.1. The number of carbonyl (C=O) groups excluding carboxylic acids is 6. The Bertz CT molecular complexity index is 978. The van der Waals surface area contributed by atoms with Crippen LogP contribution in [0.15, 0.2) is 24.3 Å². The molecule has 2 fully saturated rings. The number of ketones is 1. The molecule has 0 aliphatic carbocycles. The molecule has 0 bridgehead atoms. The summed E-state index contributed by atoms with van der Waals surface area (Å²) in [4.78, 5) is 74.5. The number of Topliss-reactive ketones (excluding diaryl/α,β-unsaturated/α-hetero) is 1. The summed E-state index contributed by atoms with van der Waals surface area (Å²) in [7, 11) is 1.50. The molecule has 11 heteroatoms. The molecule has 0 aromatic heterocycles. The SMILES string of the molecule is COc1ccc(C(=O)NC2CCC(=O)N3CCCC(C(=O)NC(C=O)CC(C)=O)N3C2=O)cc1. The number of aldehydes is 1. The van der Waals surface area contributed by atoms with Gasteiger partial charge in [0.1, 0.15) is 29.9 Å². The second-order valence-corrected chi connectivity index (χ2v) is 8.31. The van der Waals surface area contributed by atoms with Gasteiger partial charge in [0.15, 0.2) is 0 Å². The van der Waals surface area contributed by atoms with Crippen LogP contribution in [0.25, 0.3) is 0 Å². The Kier molecular flexibility index (Phi) is 7.98. The molecular weight excluding hydrogens is 444 g/mol. The van der Waals surface area contributed by atoms with Crippen LogP contribution >= 0.6 is 0 Å². The Morgan fingerprint density at radius 1 is 1.18 bits per heavy atom. The number of rotatable bonds is 8. The van der Waals surface area contributed by atoms with E-state index >= 15 is 0 Å². The molecule has 1 aromatic carbocycles. The fourth-order valence-electron chi connectivity index (χ4n) is 4.11. The summed E-state index contributed by atoms with van der Waals surface area (Å²) >= 11 is 0. The minimum atomic E-state index is -1.04. The number of ether oxygens (including phenoxy) is 1. The maximum Gasteiger partial charge on any atom is 0.264 e. The molecule has 2 aliphatic rings. The van der Waals surface area contributed by atoms with Crippen LogP contribution in [0, 0.1) is 0 Å². The van der Waals surface area contributed by atoms with Crippen LogP contribution in [0.1, 0.15) is 49.4 Å². The van der Waals surface area contributed by atoms with E-state index in [9.17, 15) is 28.8 Å². The summed E-state index contributed by atoms with van der Waals surface area (Å²) in [6, 6.07) is 3.25. The number of hydrogen-bond acceptors (Lipinski definition) is 7. The van der Waals surface area contributed by atoms with Crippen molar-refractivity contribution in [3.05, 3.63) is 29.8 Å². The Morgan fingerprint density at radius 2 is 1.88 bits per heavy atom. The fraction of sp³-hybridized carbons (Fsp3) is 0.478. The van der Waals surface area contributed by atoms with Crippen LogP contribution in [0.2, 0.25) is 0 Å². The molecule has 2 aliphatic heterocycles. The third kappa shape index (κ3) is 5.59. The lowest BCUT2D eigenvalue weighted by Crippen LogP contribution is -2.64. The van der Waals surface area contributed by atoms with Crippen molar-refractivity contribution in [1.82, 2.24) is 20.7 Å². The van der Waals surface area contributed by atoms with Crippen LogP contribution in [-0.2, 0) is 24.0 Å². The van der Waals surface area contributed by atoms with Crippen molar-refractivity contribution < 1.29 is 33.5 Å². The summed E-state index contributed by atoms with van der Waals surface area (Å²) in [6.07, 6.45) is 1.15. The molecule has 2 saturated heterocycles. The molecule has 2 heterocycles. The Balaban J connectivity index is 1.79. The third-order valence-electron chi connectivity index (χ3n) is 5.82. The molecule has 2 N–H and O–H groups in total. The number of carbonyl (C=O) groups is 6. The number of amides is 4. The van der Waals surface area contributed by atoms with Crippen molar-refractivity contribution in [2.75, 3.05) is 13.7 Å². The van der Waals surface area contributed by atoms with E-state index in [4.69, 9.17) is 4.74 Å². The number of nitrogens with one attached hydrogen (secondary N) is 2. The zero-order chi connectivity index (χ0) is 24.8. The Morgan fingerprint density at radius 3 is 2.50 bits per heavy atom. The van der Waals surface area contributed by atoms with E-state index in [2.05, 4.69) is 10.6 Å². The largest absolute Gasteiger partial charge is 0.497 e. The van der Waals surface area contributed by atoms with Gasteiger partial charge < -0.3 is 20.2 Å². The van der Waals surface area contributed by atoms with E-state index in [1.54, 1.807) is 24.3 Å². The Labute approximate surface area is 196 Å². The maximum atomic E-state index is 13.4. The fourth-order valence-corrected chi connectivity index (χ4v) is 4.11. The van der Waals surface area contributed by atoms with Crippen molar-refractivity contribution in [2.24, 2.45) is 0 Å². The number of fused-ring (bicyclic) bond motifs is 1. The molecule has 11 nitrogen and oxygen atoms in total. The van der Waals surface area contributed by atoms with Gasteiger partial charge >= 0.3 is 0 Å². The summed E-state index contributed by atoms with van der Waals surface area (Å²) in [6.45, 7) is 1.57. The molecule has 4 amide bonds. The lowest BCUT2D eigenvalue weighted by Gasteiger charge is -2.43. The van der Waals surface area contributed by atoms with E-state index < -0.39 is 35.8 Å². The summed E-state index contributed by atoms with van der Waals surface area (Å²) < 4.78 is 5.08. The third-order valence-corrected chi connectivity index (χ3v) is 5.82. The highest BCUT2D eigenvalue weighted by molar-refractivity contribution is 6.00. The summed E-state index contributed by atoms with van der Waals surface area (Å²) in [5.41, 5.74) is 0.312. The van der Waals surface area contributed by atoms with Gasteiger partial charge in [-0.15, -0.1) is 0 Å². The smallest absolute Gasteiger partial charge is 0.264 e. The van der Waals surface area contributed by atoms with Crippen LogP contribution in [0.4, 0.5) is 0 Å². The number of methoxy groups -OCH3 is 1. The predicted molar refractivity (Wildman–Crippen MR) is 118 cm³/mol. The van der Waals surface area contributed by atoms with E-state index in [1.165, 1.54) is 19.0 Å². The lowest BCUT2D eigenvalue weighted by molar-refractivity contribution is -0.176. The van der Waals surface area contributed by atoms with Gasteiger partial charge in [-0.25, -0.2) is 5.01 Å². The topological polar surface area (TPSA) is 142 Å². The average molecular weight is 472 g/mol. The van der Waals surface area contributed by atoms with Crippen molar-refractivity contribution in [1.29, 1.82) is 0 Å². The van der Waals surface area contributed by atoms with Gasteiger partial charge in [0.25, 0.3) is 11.8 Å². The summed E-state index contributed by atoms with van der Waals surface area (Å²) in [5.74, 6) is -1.74. The van der Waals surface area contributed by atoms with Crippen molar-refractivity contribution in [3.63, 3.8) is 0 Å². The number of benzene rings is 1. The van der Waals surface area contributed by atoms with Crippen LogP contribution in [0.3, 0.4) is 0 Å². The highest BCUT2D eigenvalue weighted by Crippen LogP contribution is 2.25. The molecule has 3 rings (SSSR count). The predicted octanol–water partition coefficient (Wildman–Crippen LogP) is -0.0152. The molecule has 0 spiro atoms. The molecule has 3 atom stereocenters. The van der Waals surface area contributed by atoms with Gasteiger partial charge in [0.05, 0.1) is 13.2 Å². The van der Waals surface area contributed by atoms with Gasteiger partial charge in [-0.05, 0) is 50.5 Å². The van der Waals surface area contributed by atoms with E-state index in [0.29, 0.717) is 24.0 Å². The van der Waals surface area contributed by atoms with Crippen LogP contribution in [-0.4, -0.2) is 77.5 Å². The monoisotopic (exact) mass is 472 g/mol. The molecule has 3 unspecified atom stereocenters. The zero-order valence-corrected chi connectivity index (χ0v) is 19.1. The van der Waals surface area contributed by atoms with Gasteiger partial charge in [0, 0.05) is 24.9 Å². The number of nitrogens with zero attached hydrogens (tertiary/aromatic N) is 2.